The van der Waals surface area contributed by atoms with Crippen molar-refractivity contribution < 1.29 is 9.90 Å². The highest BCUT2D eigenvalue weighted by atomic mass is 32.2. The zero-order valence-electron chi connectivity index (χ0n) is 10.8. The Balaban J connectivity index is 2.16. The molecule has 4 nitrogen and oxygen atoms in total. The van der Waals surface area contributed by atoms with Crippen molar-refractivity contribution in [3.05, 3.63) is 53.0 Å². The molecule has 0 saturated carbocycles. The molecule has 0 fully saturated rings. The van der Waals surface area contributed by atoms with Gasteiger partial charge in [0, 0.05) is 17.6 Å². The summed E-state index contributed by atoms with van der Waals surface area (Å²) in [5.41, 5.74) is 2.94. The molecular weight excluding hydrogens is 260 g/mol. The molecule has 0 saturated heterocycles. The molecule has 0 aliphatic heterocycles. The first kappa shape index (κ1) is 13.5. The van der Waals surface area contributed by atoms with E-state index in [0.717, 1.165) is 16.3 Å². The highest BCUT2D eigenvalue weighted by Crippen LogP contribution is 2.23. The molecular formula is C14H14N2O2S. The molecule has 0 aliphatic rings. The summed E-state index contributed by atoms with van der Waals surface area (Å²) in [6.45, 7) is 3.97. The molecule has 1 N–H and O–H groups in total. The minimum absolute atomic E-state index is 0.111. The van der Waals surface area contributed by atoms with Gasteiger partial charge in [0.05, 0.1) is 5.03 Å². The lowest BCUT2D eigenvalue weighted by Gasteiger charge is -2.06. The number of aromatic carboxylic acids is 1. The Kier molecular flexibility index (Phi) is 4.16. The van der Waals surface area contributed by atoms with Crippen molar-refractivity contribution in [1.82, 2.24) is 9.97 Å². The van der Waals surface area contributed by atoms with Crippen LogP contribution in [0.15, 0.2) is 35.5 Å². The summed E-state index contributed by atoms with van der Waals surface area (Å²) >= 11 is 1.52. The number of hydrogen-bond donors (Lipinski definition) is 1. The topological polar surface area (TPSA) is 63.1 Å². The van der Waals surface area contributed by atoms with E-state index in [1.54, 1.807) is 12.1 Å². The third-order valence-electron chi connectivity index (χ3n) is 2.54. The van der Waals surface area contributed by atoms with Crippen molar-refractivity contribution in [3.8, 4) is 0 Å². The van der Waals surface area contributed by atoms with E-state index in [1.165, 1.54) is 18.0 Å². The molecule has 19 heavy (non-hydrogen) atoms. The average Bonchev–Trinajstić information content (AvgIpc) is 2.35. The van der Waals surface area contributed by atoms with Crippen LogP contribution in [0.2, 0.25) is 0 Å². The highest BCUT2D eigenvalue weighted by molar-refractivity contribution is 7.98. The second kappa shape index (κ2) is 5.84. The maximum absolute atomic E-state index is 11.1. The first-order chi connectivity index (χ1) is 9.06. The molecule has 0 unspecified atom stereocenters. The maximum Gasteiger partial charge on any atom is 0.354 e. The maximum atomic E-state index is 11.1. The van der Waals surface area contributed by atoms with Crippen LogP contribution in [0.5, 0.6) is 0 Å². The van der Waals surface area contributed by atoms with Crippen LogP contribution in [0, 0.1) is 13.8 Å². The minimum Gasteiger partial charge on any atom is -0.477 e. The number of carboxylic acid groups (broad SMARTS) is 1. The summed E-state index contributed by atoms with van der Waals surface area (Å²) in [7, 11) is 0. The lowest BCUT2D eigenvalue weighted by atomic mass is 10.2. The Hall–Kier alpha value is -1.88. The second-order valence-corrected chi connectivity index (χ2v) is 5.22. The first-order valence-corrected chi connectivity index (χ1v) is 6.80. The van der Waals surface area contributed by atoms with Gasteiger partial charge >= 0.3 is 5.97 Å². The molecule has 0 radical (unpaired) electrons. The fraction of sp³-hybridized carbons (Fsp3) is 0.214. The van der Waals surface area contributed by atoms with Crippen LogP contribution in [-0.4, -0.2) is 21.0 Å². The van der Waals surface area contributed by atoms with Gasteiger partial charge in [-0.1, -0.05) is 6.07 Å². The van der Waals surface area contributed by atoms with E-state index in [2.05, 4.69) is 9.97 Å². The van der Waals surface area contributed by atoms with Crippen LogP contribution in [0.3, 0.4) is 0 Å². The van der Waals surface area contributed by atoms with Gasteiger partial charge in [-0.15, -0.1) is 11.8 Å². The number of carbonyl (C=O) groups is 1. The van der Waals surface area contributed by atoms with Gasteiger partial charge in [0.25, 0.3) is 0 Å². The van der Waals surface area contributed by atoms with E-state index < -0.39 is 5.97 Å². The molecule has 0 spiro atoms. The van der Waals surface area contributed by atoms with E-state index in [4.69, 9.17) is 5.11 Å². The van der Waals surface area contributed by atoms with Gasteiger partial charge in [0.2, 0.25) is 0 Å². The largest absolute Gasteiger partial charge is 0.477 e. The number of aromatic nitrogens is 2. The molecule has 2 aromatic heterocycles. The molecule has 98 valence electrons. The van der Waals surface area contributed by atoms with Crippen molar-refractivity contribution in [3.63, 3.8) is 0 Å². The quantitative estimate of drug-likeness (QED) is 0.868. The molecule has 0 aliphatic carbocycles. The van der Waals surface area contributed by atoms with Crippen LogP contribution in [0.1, 0.15) is 27.3 Å². The number of aryl methyl sites for hydroxylation is 2. The fourth-order valence-corrected chi connectivity index (χ4v) is 2.79. The number of carboxylic acids is 1. The standard InChI is InChI=1S/C14H14N2O2S/c1-9-6-10(2)16-12(7-9)19-8-11-4-3-5-15-13(11)14(17)18/h3-7H,8H2,1-2H3,(H,17,18). The highest BCUT2D eigenvalue weighted by Gasteiger charge is 2.11. The third kappa shape index (κ3) is 3.54. The summed E-state index contributed by atoms with van der Waals surface area (Å²) in [5, 5.41) is 9.96. The predicted molar refractivity (Wildman–Crippen MR) is 74.5 cm³/mol. The van der Waals surface area contributed by atoms with Crippen molar-refractivity contribution in [2.45, 2.75) is 24.6 Å². The smallest absolute Gasteiger partial charge is 0.354 e. The second-order valence-electron chi connectivity index (χ2n) is 4.23. The van der Waals surface area contributed by atoms with Gasteiger partial charge in [-0.3, -0.25) is 0 Å². The van der Waals surface area contributed by atoms with Crippen LogP contribution >= 0.6 is 11.8 Å². The van der Waals surface area contributed by atoms with Crippen molar-refractivity contribution >= 4 is 17.7 Å². The monoisotopic (exact) mass is 274 g/mol. The summed E-state index contributed by atoms with van der Waals surface area (Å²) < 4.78 is 0. The van der Waals surface area contributed by atoms with Crippen LogP contribution in [-0.2, 0) is 5.75 Å². The van der Waals surface area contributed by atoms with Gasteiger partial charge in [-0.05, 0) is 43.2 Å². The first-order valence-electron chi connectivity index (χ1n) is 5.81. The summed E-state index contributed by atoms with van der Waals surface area (Å²) in [6, 6.07) is 7.54. The third-order valence-corrected chi connectivity index (χ3v) is 3.50. The number of thioether (sulfide) groups is 1. The Morgan fingerprint density at radius 1 is 1.37 bits per heavy atom. The molecule has 5 heteroatoms. The zero-order chi connectivity index (χ0) is 13.8. The Labute approximate surface area is 115 Å². The van der Waals surface area contributed by atoms with Gasteiger partial charge in [-0.2, -0.15) is 0 Å². The lowest BCUT2D eigenvalue weighted by Crippen LogP contribution is -2.04. The number of pyridine rings is 2. The molecule has 0 aromatic carbocycles. The molecule has 2 rings (SSSR count). The number of rotatable bonds is 4. The normalized spacial score (nSPS) is 10.4. The van der Waals surface area contributed by atoms with Gasteiger partial charge in [0.1, 0.15) is 0 Å². The Bertz CT molecular complexity index is 594. The van der Waals surface area contributed by atoms with E-state index in [9.17, 15) is 4.79 Å². The summed E-state index contributed by atoms with van der Waals surface area (Å²) in [4.78, 5) is 19.4. The molecule has 2 heterocycles. The Morgan fingerprint density at radius 2 is 2.16 bits per heavy atom. The Morgan fingerprint density at radius 3 is 2.84 bits per heavy atom. The van der Waals surface area contributed by atoms with Crippen LogP contribution in [0.25, 0.3) is 0 Å². The van der Waals surface area contributed by atoms with Gasteiger partial charge in [0.15, 0.2) is 5.69 Å². The van der Waals surface area contributed by atoms with Crippen molar-refractivity contribution in [2.24, 2.45) is 0 Å². The van der Waals surface area contributed by atoms with Crippen LogP contribution in [0.4, 0.5) is 0 Å². The molecule has 0 bridgehead atoms. The summed E-state index contributed by atoms with van der Waals surface area (Å²) in [6.07, 6.45) is 1.49. The number of nitrogens with zero attached hydrogens (tertiary/aromatic N) is 2. The van der Waals surface area contributed by atoms with E-state index in [0.29, 0.717) is 11.3 Å². The molecule has 2 aromatic rings. The summed E-state index contributed by atoms with van der Waals surface area (Å²) in [5.74, 6) is -0.449. The van der Waals surface area contributed by atoms with Crippen LogP contribution < -0.4 is 0 Å². The van der Waals surface area contributed by atoms with Crippen molar-refractivity contribution in [2.75, 3.05) is 0 Å². The van der Waals surface area contributed by atoms with Gasteiger partial charge in [-0.25, -0.2) is 14.8 Å². The molecule has 0 atom stereocenters. The number of hydrogen-bond acceptors (Lipinski definition) is 4. The lowest BCUT2D eigenvalue weighted by molar-refractivity contribution is 0.0689. The van der Waals surface area contributed by atoms with Crippen molar-refractivity contribution in [1.29, 1.82) is 0 Å². The minimum atomic E-state index is -0.996. The zero-order valence-corrected chi connectivity index (χ0v) is 11.6. The van der Waals surface area contributed by atoms with E-state index in [-0.39, 0.29) is 5.69 Å². The molecule has 0 amide bonds. The SMILES string of the molecule is Cc1cc(C)nc(SCc2cccnc2C(=O)O)c1. The van der Waals surface area contributed by atoms with Gasteiger partial charge < -0.3 is 5.11 Å². The van der Waals surface area contributed by atoms with E-state index in [1.807, 2.05) is 26.0 Å². The fourth-order valence-electron chi connectivity index (χ4n) is 1.78. The van der Waals surface area contributed by atoms with E-state index >= 15 is 0 Å². The average molecular weight is 274 g/mol. The predicted octanol–water partition coefficient (Wildman–Crippen LogP) is 3.08.